The van der Waals surface area contributed by atoms with Crippen molar-refractivity contribution >= 4 is 5.78 Å². The third kappa shape index (κ3) is 15.8. The molecule has 1 heterocycles. The molecule has 0 unspecified atom stereocenters. The Morgan fingerprint density at radius 3 is 1.80 bits per heavy atom. The van der Waals surface area contributed by atoms with E-state index in [0.29, 0.717) is 12.3 Å². The van der Waals surface area contributed by atoms with Crippen LogP contribution in [0.15, 0.2) is 48.6 Å². The van der Waals surface area contributed by atoms with E-state index < -0.39 is 0 Å². The van der Waals surface area contributed by atoms with Crippen molar-refractivity contribution in [2.75, 3.05) is 19.6 Å². The Labute approximate surface area is 155 Å². The maximum atomic E-state index is 11.6. The van der Waals surface area contributed by atoms with Crippen LogP contribution in [-0.4, -0.2) is 30.3 Å². The highest BCUT2D eigenvalue weighted by Gasteiger charge is 2.19. The molecule has 2 nitrogen and oxygen atoms in total. The van der Waals surface area contributed by atoms with Gasteiger partial charge in [0, 0.05) is 19.5 Å². The van der Waals surface area contributed by atoms with Crippen LogP contribution in [0.2, 0.25) is 0 Å². The standard InChI is InChI=1S/C23H37NO/c1-2-3-4-5-6-7-8-9-10-11-12-13-14-15-16-17-18-19-23(25)22-24-20-21-24/h6-7,9-10,12-13,15-16H,2-5,8,11,14,17-22H2,1H3. The molecule has 0 atom stereocenters. The number of ketones is 1. The summed E-state index contributed by atoms with van der Waals surface area (Å²) in [7, 11) is 0. The lowest BCUT2D eigenvalue weighted by Gasteiger charge is -1.98. The van der Waals surface area contributed by atoms with Gasteiger partial charge >= 0.3 is 0 Å². The summed E-state index contributed by atoms with van der Waals surface area (Å²) < 4.78 is 0. The minimum absolute atomic E-state index is 0.397. The molecule has 0 aromatic rings. The second kappa shape index (κ2) is 16.1. The zero-order valence-corrected chi connectivity index (χ0v) is 16.2. The Balaban J connectivity index is 1.86. The summed E-state index contributed by atoms with van der Waals surface area (Å²) in [6.07, 6.45) is 28.9. The van der Waals surface area contributed by atoms with Gasteiger partial charge in [0.1, 0.15) is 5.78 Å². The number of hydrogen-bond acceptors (Lipinski definition) is 2. The summed E-state index contributed by atoms with van der Waals surface area (Å²) in [6, 6.07) is 0. The molecule has 25 heavy (non-hydrogen) atoms. The lowest BCUT2D eigenvalue weighted by molar-refractivity contribution is -0.119. The number of nitrogens with zero attached hydrogens (tertiary/aromatic N) is 1. The molecule has 0 amide bonds. The van der Waals surface area contributed by atoms with Crippen molar-refractivity contribution in [2.45, 2.75) is 71.1 Å². The average Bonchev–Trinajstić information content (AvgIpc) is 3.41. The van der Waals surface area contributed by atoms with Crippen LogP contribution in [0.25, 0.3) is 0 Å². The van der Waals surface area contributed by atoms with Gasteiger partial charge in [0.05, 0.1) is 6.54 Å². The maximum absolute atomic E-state index is 11.6. The van der Waals surface area contributed by atoms with Gasteiger partial charge in [0.2, 0.25) is 0 Å². The smallest absolute Gasteiger partial charge is 0.146 e. The molecular formula is C23H37NO. The summed E-state index contributed by atoms with van der Waals surface area (Å²) in [5, 5.41) is 0. The Morgan fingerprint density at radius 1 is 0.760 bits per heavy atom. The Hall–Kier alpha value is -1.41. The van der Waals surface area contributed by atoms with Crippen molar-refractivity contribution in [3.8, 4) is 0 Å². The minimum Gasteiger partial charge on any atom is -0.298 e. The van der Waals surface area contributed by atoms with Crippen LogP contribution in [0.4, 0.5) is 0 Å². The summed E-state index contributed by atoms with van der Waals surface area (Å²) in [5.74, 6) is 0.397. The number of allylic oxidation sites excluding steroid dienone is 8. The van der Waals surface area contributed by atoms with Gasteiger partial charge in [-0.2, -0.15) is 0 Å². The van der Waals surface area contributed by atoms with Gasteiger partial charge in [-0.1, -0.05) is 68.4 Å². The van der Waals surface area contributed by atoms with Crippen LogP contribution in [0.5, 0.6) is 0 Å². The van der Waals surface area contributed by atoms with Gasteiger partial charge in [-0.05, 0) is 44.9 Å². The fraction of sp³-hybridized carbons (Fsp3) is 0.609. The Kier molecular flexibility index (Phi) is 13.9. The molecule has 1 aliphatic rings. The quantitative estimate of drug-likeness (QED) is 0.194. The average molecular weight is 344 g/mol. The van der Waals surface area contributed by atoms with E-state index in [1.807, 2.05) is 0 Å². The van der Waals surface area contributed by atoms with Gasteiger partial charge in [-0.15, -0.1) is 0 Å². The molecular weight excluding hydrogens is 306 g/mol. The first-order valence-electron chi connectivity index (χ1n) is 10.2. The highest BCUT2D eigenvalue weighted by atomic mass is 16.1. The summed E-state index contributed by atoms with van der Waals surface area (Å²) in [6.45, 7) is 5.15. The van der Waals surface area contributed by atoms with Crippen molar-refractivity contribution in [1.82, 2.24) is 4.90 Å². The van der Waals surface area contributed by atoms with E-state index in [1.54, 1.807) is 0 Å². The highest BCUT2D eigenvalue weighted by molar-refractivity contribution is 5.80. The van der Waals surface area contributed by atoms with Gasteiger partial charge < -0.3 is 0 Å². The molecule has 2 heteroatoms. The van der Waals surface area contributed by atoms with E-state index in [4.69, 9.17) is 0 Å². The number of carbonyl (C=O) groups is 1. The van der Waals surface area contributed by atoms with E-state index >= 15 is 0 Å². The molecule has 0 radical (unpaired) electrons. The fourth-order valence-electron chi connectivity index (χ4n) is 2.54. The van der Waals surface area contributed by atoms with E-state index in [0.717, 1.165) is 51.6 Å². The number of unbranched alkanes of at least 4 members (excludes halogenated alkanes) is 4. The van der Waals surface area contributed by atoms with Crippen LogP contribution in [0, 0.1) is 0 Å². The molecule has 1 rings (SSSR count). The van der Waals surface area contributed by atoms with E-state index in [2.05, 4.69) is 60.4 Å². The normalized spacial score (nSPS) is 15.4. The van der Waals surface area contributed by atoms with E-state index in [9.17, 15) is 4.79 Å². The van der Waals surface area contributed by atoms with Crippen molar-refractivity contribution in [3.63, 3.8) is 0 Å². The first-order chi connectivity index (χ1) is 12.3. The molecule has 0 aliphatic carbocycles. The maximum Gasteiger partial charge on any atom is 0.146 e. The Bertz CT molecular complexity index is 441. The molecule has 0 saturated carbocycles. The predicted molar refractivity (Wildman–Crippen MR) is 110 cm³/mol. The van der Waals surface area contributed by atoms with Gasteiger partial charge in [0.15, 0.2) is 0 Å². The van der Waals surface area contributed by atoms with Crippen molar-refractivity contribution < 1.29 is 4.79 Å². The molecule has 0 aromatic carbocycles. The molecule has 0 N–H and O–H groups in total. The highest BCUT2D eigenvalue weighted by Crippen LogP contribution is 2.06. The number of carbonyl (C=O) groups excluding carboxylic acids is 1. The first kappa shape index (κ1) is 21.6. The molecule has 0 bridgehead atoms. The minimum atomic E-state index is 0.397. The monoisotopic (exact) mass is 343 g/mol. The lowest BCUT2D eigenvalue weighted by atomic mass is 10.1. The SMILES string of the molecule is CCCCCC=CCC=CCC=CCC=CCCCC(=O)CN1CC1. The lowest BCUT2D eigenvalue weighted by Crippen LogP contribution is -2.12. The van der Waals surface area contributed by atoms with Crippen molar-refractivity contribution in [3.05, 3.63) is 48.6 Å². The van der Waals surface area contributed by atoms with Crippen LogP contribution in [0.1, 0.15) is 71.1 Å². The largest absolute Gasteiger partial charge is 0.298 e. The third-order valence-corrected chi connectivity index (χ3v) is 4.22. The van der Waals surface area contributed by atoms with Crippen LogP contribution >= 0.6 is 0 Å². The molecule has 0 spiro atoms. The van der Waals surface area contributed by atoms with Crippen LogP contribution in [-0.2, 0) is 4.79 Å². The molecule has 140 valence electrons. The number of Topliss-reactive ketones (excluding diaryl/α,β-unsaturated/α-hetero) is 1. The van der Waals surface area contributed by atoms with Crippen LogP contribution in [0.3, 0.4) is 0 Å². The summed E-state index contributed by atoms with van der Waals surface area (Å²) >= 11 is 0. The van der Waals surface area contributed by atoms with Gasteiger partial charge in [0.25, 0.3) is 0 Å². The van der Waals surface area contributed by atoms with Gasteiger partial charge in [-0.3, -0.25) is 9.69 Å². The molecule has 0 aromatic heterocycles. The zero-order chi connectivity index (χ0) is 18.0. The number of rotatable bonds is 16. The predicted octanol–water partition coefficient (Wildman–Crippen LogP) is 6.02. The third-order valence-electron chi connectivity index (χ3n) is 4.22. The molecule has 1 fully saturated rings. The fourth-order valence-corrected chi connectivity index (χ4v) is 2.54. The van der Waals surface area contributed by atoms with Crippen molar-refractivity contribution in [1.29, 1.82) is 0 Å². The second-order valence-electron chi connectivity index (χ2n) is 6.80. The van der Waals surface area contributed by atoms with E-state index in [1.165, 1.54) is 25.7 Å². The first-order valence-corrected chi connectivity index (χ1v) is 10.2. The summed E-state index contributed by atoms with van der Waals surface area (Å²) in [5.41, 5.74) is 0. The van der Waals surface area contributed by atoms with E-state index in [-0.39, 0.29) is 0 Å². The molecule has 1 aliphatic heterocycles. The number of hydrogen-bond donors (Lipinski definition) is 0. The Morgan fingerprint density at radius 2 is 1.28 bits per heavy atom. The topological polar surface area (TPSA) is 20.1 Å². The second-order valence-corrected chi connectivity index (χ2v) is 6.80. The van der Waals surface area contributed by atoms with Crippen LogP contribution < -0.4 is 0 Å². The summed E-state index contributed by atoms with van der Waals surface area (Å²) in [4.78, 5) is 13.7. The van der Waals surface area contributed by atoms with Gasteiger partial charge in [-0.25, -0.2) is 0 Å². The molecule has 1 saturated heterocycles. The zero-order valence-electron chi connectivity index (χ0n) is 16.2. The van der Waals surface area contributed by atoms with Crippen molar-refractivity contribution in [2.24, 2.45) is 0 Å².